The van der Waals surface area contributed by atoms with Gasteiger partial charge in [0.2, 0.25) is 6.21 Å². The second-order valence-corrected chi connectivity index (χ2v) is 3.54. The summed E-state index contributed by atoms with van der Waals surface area (Å²) in [6.45, 7) is 0. The Balaban J connectivity index is 2.28. The highest BCUT2D eigenvalue weighted by Crippen LogP contribution is 2.36. The topological polar surface area (TPSA) is 43.1 Å². The van der Waals surface area contributed by atoms with Crippen molar-refractivity contribution in [3.63, 3.8) is 0 Å². The summed E-state index contributed by atoms with van der Waals surface area (Å²) < 4.78 is 0.567. The number of rotatable bonds is 0. The summed E-state index contributed by atoms with van der Waals surface area (Å²) >= 11 is 0. The monoisotopic (exact) mass is 197 g/mol. The van der Waals surface area contributed by atoms with Crippen LogP contribution in [0.15, 0.2) is 36.0 Å². The molecule has 3 rings (SSSR count). The molecule has 1 aromatic rings. The van der Waals surface area contributed by atoms with Gasteiger partial charge >= 0.3 is 0 Å². The van der Waals surface area contributed by atoms with Crippen LogP contribution in [-0.2, 0) is 4.79 Å². The lowest BCUT2D eigenvalue weighted by molar-refractivity contribution is -0.371. The lowest BCUT2D eigenvalue weighted by Crippen LogP contribution is -2.15. The molecule has 0 aromatic heterocycles. The Labute approximate surface area is 86.2 Å². The fourth-order valence-corrected chi connectivity index (χ4v) is 1.94. The molecule has 3 heteroatoms. The molecule has 2 aliphatic rings. The minimum Gasteiger partial charge on any atom is -0.619 e. The maximum atomic E-state index is 11.5. The van der Waals surface area contributed by atoms with Gasteiger partial charge in [0.1, 0.15) is 0 Å². The molecule has 1 heterocycles. The summed E-state index contributed by atoms with van der Waals surface area (Å²) in [6, 6.07) is 7.66. The normalized spacial score (nSPS) is 17.6. The molecule has 0 atom stereocenters. The van der Waals surface area contributed by atoms with Crippen molar-refractivity contribution < 1.29 is 9.53 Å². The van der Waals surface area contributed by atoms with Crippen molar-refractivity contribution in [1.29, 1.82) is 0 Å². The highest BCUT2D eigenvalue weighted by molar-refractivity contribution is 6.41. The second kappa shape index (κ2) is 2.67. The van der Waals surface area contributed by atoms with Crippen molar-refractivity contribution in [3.05, 3.63) is 52.4 Å². The van der Waals surface area contributed by atoms with Gasteiger partial charge in [-0.15, -0.1) is 0 Å². The molecule has 0 radical (unpaired) electrons. The Bertz CT molecular complexity index is 565. The highest BCUT2D eigenvalue weighted by Gasteiger charge is 2.28. The number of carbonyl (C=O) groups is 1. The Hall–Kier alpha value is -2.16. The van der Waals surface area contributed by atoms with E-state index in [-0.39, 0.29) is 5.78 Å². The van der Waals surface area contributed by atoms with E-state index in [1.165, 1.54) is 6.20 Å². The van der Waals surface area contributed by atoms with Gasteiger partial charge < -0.3 is 5.21 Å². The zero-order valence-electron chi connectivity index (χ0n) is 7.81. The Morgan fingerprint density at radius 1 is 1.13 bits per heavy atom. The van der Waals surface area contributed by atoms with Gasteiger partial charge in [-0.25, -0.2) is 0 Å². The van der Waals surface area contributed by atoms with Gasteiger partial charge in [-0.05, 0) is 17.2 Å². The van der Waals surface area contributed by atoms with Crippen LogP contribution < -0.4 is 0 Å². The van der Waals surface area contributed by atoms with Crippen molar-refractivity contribution in [2.75, 3.05) is 0 Å². The van der Waals surface area contributed by atoms with Crippen molar-refractivity contribution in [3.8, 4) is 0 Å². The first kappa shape index (κ1) is 8.17. The number of ketones is 1. The molecule has 0 saturated heterocycles. The molecule has 0 bridgehead atoms. The lowest BCUT2D eigenvalue weighted by Gasteiger charge is -2.08. The molecule has 0 saturated carbocycles. The van der Waals surface area contributed by atoms with E-state index in [0.29, 0.717) is 10.3 Å². The molecular formula is C12H7NO2. The van der Waals surface area contributed by atoms with Gasteiger partial charge in [-0.3, -0.25) is 4.79 Å². The fourth-order valence-electron chi connectivity index (χ4n) is 1.94. The minimum absolute atomic E-state index is 0.223. The Kier molecular flexibility index (Phi) is 1.45. The zero-order chi connectivity index (χ0) is 10.4. The van der Waals surface area contributed by atoms with Gasteiger partial charge in [0.15, 0.2) is 6.20 Å². The van der Waals surface area contributed by atoms with Gasteiger partial charge in [-0.1, -0.05) is 24.3 Å². The SMILES string of the molecule is O=C1C=[N+]([O-])C=C2C1=Cc1ccccc12. The molecule has 0 amide bonds. The van der Waals surface area contributed by atoms with E-state index in [4.69, 9.17) is 0 Å². The Morgan fingerprint density at radius 3 is 2.80 bits per heavy atom. The van der Waals surface area contributed by atoms with Crippen LogP contribution in [0, 0.1) is 5.21 Å². The third kappa shape index (κ3) is 1.06. The van der Waals surface area contributed by atoms with E-state index >= 15 is 0 Å². The van der Waals surface area contributed by atoms with Crippen LogP contribution in [-0.4, -0.2) is 16.7 Å². The molecule has 1 aliphatic carbocycles. The average Bonchev–Trinajstić information content (AvgIpc) is 2.57. The van der Waals surface area contributed by atoms with Crippen LogP contribution in [0.4, 0.5) is 0 Å². The number of fused-ring (bicyclic) bond motifs is 3. The molecule has 15 heavy (non-hydrogen) atoms. The number of benzene rings is 1. The van der Waals surface area contributed by atoms with E-state index < -0.39 is 0 Å². The molecular weight excluding hydrogens is 190 g/mol. The van der Waals surface area contributed by atoms with Crippen molar-refractivity contribution >= 4 is 23.6 Å². The highest BCUT2D eigenvalue weighted by atomic mass is 16.5. The molecule has 0 N–H and O–H groups in total. The number of hydroxylamine groups is 1. The molecule has 0 spiro atoms. The number of Topliss-reactive ketones (excluding diaryl/α,β-unsaturated/α-hetero) is 1. The van der Waals surface area contributed by atoms with E-state index in [2.05, 4.69) is 0 Å². The van der Waals surface area contributed by atoms with Gasteiger partial charge in [-0.2, -0.15) is 4.74 Å². The predicted octanol–water partition coefficient (Wildman–Crippen LogP) is 1.59. The zero-order valence-corrected chi connectivity index (χ0v) is 7.81. The summed E-state index contributed by atoms with van der Waals surface area (Å²) in [7, 11) is 0. The number of carbonyl (C=O) groups excluding carboxylic acids is 1. The number of hydrogen-bond acceptors (Lipinski definition) is 2. The minimum atomic E-state index is -0.223. The molecule has 1 aromatic carbocycles. The first-order chi connectivity index (χ1) is 7.25. The van der Waals surface area contributed by atoms with Crippen LogP contribution in [0.1, 0.15) is 11.1 Å². The summed E-state index contributed by atoms with van der Waals surface area (Å²) in [5.41, 5.74) is 3.29. The maximum absolute atomic E-state index is 11.5. The van der Waals surface area contributed by atoms with E-state index in [9.17, 15) is 10.0 Å². The van der Waals surface area contributed by atoms with E-state index in [0.717, 1.165) is 22.9 Å². The van der Waals surface area contributed by atoms with Gasteiger partial charge in [0, 0.05) is 5.57 Å². The number of nitrogens with zero attached hydrogens (tertiary/aromatic N) is 1. The predicted molar refractivity (Wildman–Crippen MR) is 57.1 cm³/mol. The quantitative estimate of drug-likeness (QED) is 0.468. The fraction of sp³-hybridized carbons (Fsp3) is 0. The van der Waals surface area contributed by atoms with Crippen LogP contribution >= 0.6 is 0 Å². The smallest absolute Gasteiger partial charge is 0.251 e. The van der Waals surface area contributed by atoms with E-state index in [1.807, 2.05) is 30.3 Å². The number of hydrogen-bond donors (Lipinski definition) is 0. The summed E-state index contributed by atoms with van der Waals surface area (Å²) in [5, 5.41) is 11.2. The first-order valence-electron chi connectivity index (χ1n) is 4.64. The van der Waals surface area contributed by atoms with Gasteiger partial charge in [0.25, 0.3) is 5.78 Å². The van der Waals surface area contributed by atoms with Crippen LogP contribution in [0.25, 0.3) is 11.6 Å². The molecule has 3 nitrogen and oxygen atoms in total. The van der Waals surface area contributed by atoms with Crippen LogP contribution in [0.2, 0.25) is 0 Å². The average molecular weight is 197 g/mol. The third-order valence-corrected chi connectivity index (χ3v) is 2.61. The van der Waals surface area contributed by atoms with Crippen LogP contribution in [0.5, 0.6) is 0 Å². The van der Waals surface area contributed by atoms with Crippen LogP contribution in [0.3, 0.4) is 0 Å². The largest absolute Gasteiger partial charge is 0.619 e. The Morgan fingerprint density at radius 2 is 1.93 bits per heavy atom. The maximum Gasteiger partial charge on any atom is 0.251 e. The molecule has 0 fully saturated rings. The lowest BCUT2D eigenvalue weighted by atomic mass is 10.0. The van der Waals surface area contributed by atoms with Gasteiger partial charge in [0.05, 0.1) is 5.57 Å². The molecule has 0 unspecified atom stereocenters. The third-order valence-electron chi connectivity index (χ3n) is 2.61. The molecule has 72 valence electrons. The first-order valence-corrected chi connectivity index (χ1v) is 4.64. The summed E-state index contributed by atoms with van der Waals surface area (Å²) in [4.78, 5) is 11.5. The standard InChI is InChI=1S/C12H7NO2/c14-12-7-13(15)6-11-9-4-2-1-3-8(9)5-10(11)12/h1-7H. The van der Waals surface area contributed by atoms with Crippen molar-refractivity contribution in [2.24, 2.45) is 0 Å². The summed E-state index contributed by atoms with van der Waals surface area (Å²) in [6.07, 6.45) is 4.33. The molecule has 1 aliphatic heterocycles. The number of allylic oxidation sites excluding steroid dienone is 2. The van der Waals surface area contributed by atoms with Crippen molar-refractivity contribution in [1.82, 2.24) is 0 Å². The van der Waals surface area contributed by atoms with E-state index in [1.54, 1.807) is 0 Å². The summed E-state index contributed by atoms with van der Waals surface area (Å²) in [5.74, 6) is -0.223. The van der Waals surface area contributed by atoms with Crippen molar-refractivity contribution in [2.45, 2.75) is 0 Å². The second-order valence-electron chi connectivity index (χ2n) is 3.54.